The summed E-state index contributed by atoms with van der Waals surface area (Å²) in [7, 11) is 1.47. The second-order valence-corrected chi connectivity index (χ2v) is 7.74. The van der Waals surface area contributed by atoms with Crippen molar-refractivity contribution in [1.82, 2.24) is 15.2 Å². The summed E-state index contributed by atoms with van der Waals surface area (Å²) < 4.78 is 10.8. The van der Waals surface area contributed by atoms with Gasteiger partial charge in [0.1, 0.15) is 11.4 Å². The Morgan fingerprint density at radius 1 is 1.33 bits per heavy atom. The van der Waals surface area contributed by atoms with Gasteiger partial charge < -0.3 is 20.5 Å². The Labute approximate surface area is 165 Å². The lowest BCUT2D eigenvalue weighted by Gasteiger charge is -2.45. The van der Waals surface area contributed by atoms with Gasteiger partial charge >= 0.3 is 0 Å². The number of hydrogen-bond acceptors (Lipinski definition) is 6. The van der Waals surface area contributed by atoms with Crippen molar-refractivity contribution in [2.45, 2.75) is 44.1 Å². The lowest BCUT2D eigenvalue weighted by Crippen LogP contribution is -2.58. The van der Waals surface area contributed by atoms with Gasteiger partial charge in [-0.25, -0.2) is 0 Å². The molecule has 1 saturated carbocycles. The number of rotatable bonds is 5. The number of carbonyl (C=O) groups excluding carboxylic acids is 1. The van der Waals surface area contributed by atoms with E-state index in [0.717, 1.165) is 39.1 Å². The molecule has 0 unspecified atom stereocenters. The minimum absolute atomic E-state index is 0.0196. The lowest BCUT2D eigenvalue weighted by atomic mass is 9.87. The van der Waals surface area contributed by atoms with Crippen molar-refractivity contribution in [1.29, 1.82) is 0 Å². The van der Waals surface area contributed by atoms with E-state index < -0.39 is 0 Å². The van der Waals surface area contributed by atoms with Gasteiger partial charge in [0.25, 0.3) is 5.91 Å². The van der Waals surface area contributed by atoms with Crippen LogP contribution in [0.1, 0.15) is 48.9 Å². The molecule has 2 aliphatic rings. The van der Waals surface area contributed by atoms with Crippen LogP contribution in [0.4, 0.5) is 5.82 Å². The minimum Gasteiger partial charge on any atom is -0.480 e. The highest BCUT2D eigenvalue weighted by Crippen LogP contribution is 2.33. The van der Waals surface area contributed by atoms with Crippen molar-refractivity contribution in [2.75, 3.05) is 45.7 Å². The van der Waals surface area contributed by atoms with Crippen molar-refractivity contribution in [3.05, 3.63) is 16.7 Å². The molecule has 0 radical (unpaired) electrons. The van der Waals surface area contributed by atoms with E-state index in [1.54, 1.807) is 0 Å². The van der Waals surface area contributed by atoms with Crippen LogP contribution in [-0.4, -0.2) is 61.3 Å². The zero-order chi connectivity index (χ0) is 19.3. The van der Waals surface area contributed by atoms with Gasteiger partial charge in [-0.05, 0) is 18.9 Å². The Bertz CT molecular complexity index is 657. The summed E-state index contributed by atoms with van der Waals surface area (Å²) in [5, 5.41) is 3.36. The maximum atomic E-state index is 12.9. The first-order valence-electron chi connectivity index (χ1n) is 9.67. The molecule has 8 heteroatoms. The van der Waals surface area contributed by atoms with E-state index in [0.29, 0.717) is 12.1 Å². The standard InChI is InChI=1S/C19H29ClN4O3/c1-26-18-14(12-15(20)16(21)23-18)17(25)22-13-19(6-4-2-3-5-7-19)24-8-10-27-11-9-24/h12H,2-11,13H2,1H3,(H2,21,23)(H,22,25). The van der Waals surface area contributed by atoms with Crippen molar-refractivity contribution >= 4 is 23.3 Å². The number of nitrogens with one attached hydrogen (secondary N) is 1. The van der Waals surface area contributed by atoms with Crippen LogP contribution >= 0.6 is 11.6 Å². The minimum atomic E-state index is -0.238. The molecule has 1 aliphatic carbocycles. The molecule has 2 heterocycles. The number of nitrogens with zero attached hydrogens (tertiary/aromatic N) is 2. The number of nitrogens with two attached hydrogens (primary N) is 1. The largest absolute Gasteiger partial charge is 0.480 e. The summed E-state index contributed by atoms with van der Waals surface area (Å²) in [6.07, 6.45) is 7.06. The van der Waals surface area contributed by atoms with Gasteiger partial charge in [0, 0.05) is 25.2 Å². The predicted octanol–water partition coefficient (Wildman–Crippen LogP) is 2.48. The molecule has 1 saturated heterocycles. The molecule has 1 aromatic heterocycles. The first kappa shape index (κ1) is 20.2. The molecule has 0 spiro atoms. The van der Waals surface area contributed by atoms with E-state index >= 15 is 0 Å². The normalized spacial score (nSPS) is 20.7. The number of morpholine rings is 1. The number of anilines is 1. The summed E-state index contributed by atoms with van der Waals surface area (Å²) in [5.41, 5.74) is 6.01. The van der Waals surface area contributed by atoms with E-state index in [-0.39, 0.29) is 28.2 Å². The molecule has 2 fully saturated rings. The molecule has 0 bridgehead atoms. The fourth-order valence-corrected chi connectivity index (χ4v) is 4.32. The molecule has 3 N–H and O–H groups in total. The summed E-state index contributed by atoms with van der Waals surface area (Å²) in [6.45, 7) is 3.92. The van der Waals surface area contributed by atoms with Gasteiger partial charge in [-0.15, -0.1) is 0 Å². The number of nitrogen functional groups attached to an aromatic ring is 1. The van der Waals surface area contributed by atoms with Crippen molar-refractivity contribution in [3.63, 3.8) is 0 Å². The van der Waals surface area contributed by atoms with Gasteiger partial charge in [-0.2, -0.15) is 4.98 Å². The molecule has 1 amide bonds. The molecular weight excluding hydrogens is 368 g/mol. The van der Waals surface area contributed by atoms with Gasteiger partial charge in [0.15, 0.2) is 0 Å². The monoisotopic (exact) mass is 396 g/mol. The average molecular weight is 397 g/mol. The second kappa shape index (κ2) is 9.08. The fourth-order valence-electron chi connectivity index (χ4n) is 4.17. The van der Waals surface area contributed by atoms with Crippen molar-refractivity contribution in [2.24, 2.45) is 0 Å². The molecule has 27 heavy (non-hydrogen) atoms. The van der Waals surface area contributed by atoms with E-state index in [9.17, 15) is 4.79 Å². The summed E-state index contributed by atoms with van der Waals surface area (Å²) in [5.74, 6) is 0.104. The smallest absolute Gasteiger partial charge is 0.256 e. The molecule has 1 aromatic rings. The van der Waals surface area contributed by atoms with E-state index in [2.05, 4.69) is 15.2 Å². The third kappa shape index (κ3) is 4.65. The molecule has 0 atom stereocenters. The Hall–Kier alpha value is -1.57. The molecule has 1 aliphatic heterocycles. The van der Waals surface area contributed by atoms with Crippen molar-refractivity contribution < 1.29 is 14.3 Å². The van der Waals surface area contributed by atoms with Crippen LogP contribution in [0, 0.1) is 0 Å². The molecule has 7 nitrogen and oxygen atoms in total. The number of methoxy groups -OCH3 is 1. The Morgan fingerprint density at radius 2 is 2.00 bits per heavy atom. The maximum Gasteiger partial charge on any atom is 0.256 e. The van der Waals surface area contributed by atoms with Gasteiger partial charge in [-0.1, -0.05) is 37.3 Å². The fraction of sp³-hybridized carbons (Fsp3) is 0.684. The van der Waals surface area contributed by atoms with Gasteiger partial charge in [0.2, 0.25) is 5.88 Å². The van der Waals surface area contributed by atoms with Crippen LogP contribution < -0.4 is 15.8 Å². The Balaban J connectivity index is 1.77. The summed E-state index contributed by atoms with van der Waals surface area (Å²) in [6, 6.07) is 1.52. The topological polar surface area (TPSA) is 89.7 Å². The lowest BCUT2D eigenvalue weighted by molar-refractivity contribution is -0.0281. The van der Waals surface area contributed by atoms with Crippen LogP contribution in [0.2, 0.25) is 5.02 Å². The average Bonchev–Trinajstić information content (AvgIpc) is 2.95. The van der Waals surface area contributed by atoms with Crippen LogP contribution in [0.3, 0.4) is 0 Å². The Kier molecular flexibility index (Phi) is 6.78. The maximum absolute atomic E-state index is 12.9. The second-order valence-electron chi connectivity index (χ2n) is 7.33. The van der Waals surface area contributed by atoms with E-state index in [1.165, 1.54) is 38.9 Å². The summed E-state index contributed by atoms with van der Waals surface area (Å²) in [4.78, 5) is 19.4. The first-order chi connectivity index (χ1) is 13.1. The van der Waals surface area contributed by atoms with Crippen LogP contribution in [0.25, 0.3) is 0 Å². The molecule has 3 rings (SSSR count). The number of ether oxygens (including phenoxy) is 2. The number of carbonyl (C=O) groups is 1. The van der Waals surface area contributed by atoms with Gasteiger partial charge in [-0.3, -0.25) is 9.69 Å². The highest BCUT2D eigenvalue weighted by atomic mass is 35.5. The number of hydrogen-bond donors (Lipinski definition) is 2. The quantitative estimate of drug-likeness (QED) is 0.743. The highest BCUT2D eigenvalue weighted by Gasteiger charge is 2.38. The number of pyridine rings is 1. The zero-order valence-electron chi connectivity index (χ0n) is 15.9. The third-order valence-electron chi connectivity index (χ3n) is 5.70. The SMILES string of the molecule is COc1nc(N)c(Cl)cc1C(=O)NCC1(N2CCOCC2)CCCCCC1. The first-order valence-corrected chi connectivity index (χ1v) is 10.0. The van der Waals surface area contributed by atoms with E-state index in [4.69, 9.17) is 26.8 Å². The van der Waals surface area contributed by atoms with E-state index in [1.807, 2.05) is 0 Å². The molecule has 150 valence electrons. The van der Waals surface area contributed by atoms with Crippen LogP contribution in [0.5, 0.6) is 5.88 Å². The third-order valence-corrected chi connectivity index (χ3v) is 6.00. The zero-order valence-corrected chi connectivity index (χ0v) is 16.7. The number of halogens is 1. The number of aromatic nitrogens is 1. The van der Waals surface area contributed by atoms with Gasteiger partial charge in [0.05, 0.1) is 25.3 Å². The van der Waals surface area contributed by atoms with Crippen LogP contribution in [0.15, 0.2) is 6.07 Å². The van der Waals surface area contributed by atoms with Crippen molar-refractivity contribution in [3.8, 4) is 5.88 Å². The predicted molar refractivity (Wildman–Crippen MR) is 105 cm³/mol. The summed E-state index contributed by atoms with van der Waals surface area (Å²) >= 11 is 6.06. The number of amides is 1. The van der Waals surface area contributed by atoms with Crippen LogP contribution in [-0.2, 0) is 4.74 Å². The molecule has 0 aromatic carbocycles. The Morgan fingerprint density at radius 3 is 2.63 bits per heavy atom. The molecular formula is C19H29ClN4O3. The highest BCUT2D eigenvalue weighted by molar-refractivity contribution is 6.33.